The average molecular weight is 398 g/mol. The molecule has 1 amide bonds. The van der Waals surface area contributed by atoms with E-state index in [1.165, 1.54) is 5.56 Å². The third-order valence-electron chi connectivity index (χ3n) is 5.10. The van der Waals surface area contributed by atoms with Gasteiger partial charge in [-0.25, -0.2) is 0 Å². The molecule has 0 bridgehead atoms. The summed E-state index contributed by atoms with van der Waals surface area (Å²) in [6, 6.07) is 22.7. The minimum Gasteiger partial charge on any atom is -0.353 e. The van der Waals surface area contributed by atoms with Crippen LogP contribution < -0.4 is 10.2 Å². The Kier molecular flexibility index (Phi) is 5.97. The van der Waals surface area contributed by atoms with Crippen molar-refractivity contribution in [3.63, 3.8) is 0 Å². The molecule has 2 aromatic carbocycles. The lowest BCUT2D eigenvalue weighted by Gasteiger charge is -2.35. The number of anilines is 2. The Balaban J connectivity index is 1.31. The van der Waals surface area contributed by atoms with E-state index in [2.05, 4.69) is 49.6 Å². The number of piperazine rings is 1. The molecule has 1 aromatic heterocycles. The highest BCUT2D eigenvalue weighted by atomic mass is 16.1. The number of carbonyl (C=O) groups is 1. The molecular weight excluding hydrogens is 376 g/mol. The van der Waals surface area contributed by atoms with Gasteiger partial charge in [-0.05, 0) is 42.0 Å². The molecule has 30 heavy (non-hydrogen) atoms. The number of carbonyl (C=O) groups excluding carboxylic acids is 1. The maximum absolute atomic E-state index is 12.4. The van der Waals surface area contributed by atoms with Crippen molar-refractivity contribution in [3.8, 4) is 6.07 Å². The van der Waals surface area contributed by atoms with Crippen LogP contribution in [0.3, 0.4) is 0 Å². The van der Waals surface area contributed by atoms with Crippen LogP contribution in [0.5, 0.6) is 0 Å². The van der Waals surface area contributed by atoms with Crippen molar-refractivity contribution >= 4 is 17.4 Å². The molecule has 4 rings (SSSR count). The third kappa shape index (κ3) is 4.80. The second-order valence-electron chi connectivity index (χ2n) is 7.17. The quantitative estimate of drug-likeness (QED) is 0.711. The summed E-state index contributed by atoms with van der Waals surface area (Å²) in [5, 5.41) is 20.0. The monoisotopic (exact) mass is 398 g/mol. The molecule has 7 heteroatoms. The van der Waals surface area contributed by atoms with Crippen LogP contribution in [0.25, 0.3) is 0 Å². The Morgan fingerprint density at radius 3 is 2.30 bits per heavy atom. The van der Waals surface area contributed by atoms with Crippen LogP contribution in [0.2, 0.25) is 0 Å². The predicted octanol–water partition coefficient (Wildman–Crippen LogP) is 2.92. The van der Waals surface area contributed by atoms with Crippen LogP contribution in [0.4, 0.5) is 11.5 Å². The molecule has 0 spiro atoms. The molecule has 2 heterocycles. The number of aromatic nitrogens is 2. The van der Waals surface area contributed by atoms with Gasteiger partial charge in [-0.2, -0.15) is 5.26 Å². The second-order valence-corrected chi connectivity index (χ2v) is 7.17. The maximum Gasteiger partial charge on any atom is 0.276 e. The molecule has 0 radical (unpaired) electrons. The maximum atomic E-state index is 12.4. The van der Waals surface area contributed by atoms with E-state index in [9.17, 15) is 4.79 Å². The molecule has 150 valence electrons. The van der Waals surface area contributed by atoms with Gasteiger partial charge in [0.1, 0.15) is 0 Å². The van der Waals surface area contributed by atoms with Crippen molar-refractivity contribution in [2.45, 2.75) is 6.54 Å². The Bertz CT molecular complexity index is 1020. The van der Waals surface area contributed by atoms with Gasteiger partial charge in [0.05, 0.1) is 11.6 Å². The second kappa shape index (κ2) is 9.16. The Morgan fingerprint density at radius 1 is 0.933 bits per heavy atom. The van der Waals surface area contributed by atoms with Gasteiger partial charge in [0.25, 0.3) is 5.91 Å². The number of hydrogen-bond donors (Lipinski definition) is 1. The smallest absolute Gasteiger partial charge is 0.276 e. The van der Waals surface area contributed by atoms with Crippen molar-refractivity contribution in [1.29, 1.82) is 5.26 Å². The summed E-state index contributed by atoms with van der Waals surface area (Å²) in [4.78, 5) is 17.0. The zero-order valence-corrected chi connectivity index (χ0v) is 16.5. The van der Waals surface area contributed by atoms with E-state index in [1.54, 1.807) is 30.3 Å². The summed E-state index contributed by atoms with van der Waals surface area (Å²) in [6.45, 7) is 4.61. The van der Waals surface area contributed by atoms with Gasteiger partial charge >= 0.3 is 0 Å². The first-order valence-corrected chi connectivity index (χ1v) is 9.88. The Morgan fingerprint density at radius 2 is 1.67 bits per heavy atom. The fraction of sp³-hybridized carbons (Fsp3) is 0.217. The van der Waals surface area contributed by atoms with Crippen LogP contribution in [0, 0.1) is 11.3 Å². The van der Waals surface area contributed by atoms with E-state index in [0.717, 1.165) is 38.5 Å². The summed E-state index contributed by atoms with van der Waals surface area (Å²) in [5.41, 5.74) is 2.73. The lowest BCUT2D eigenvalue weighted by Crippen LogP contribution is -2.46. The average Bonchev–Trinajstić information content (AvgIpc) is 2.81. The number of nitriles is 1. The molecule has 1 aliphatic heterocycles. The van der Waals surface area contributed by atoms with E-state index in [-0.39, 0.29) is 11.6 Å². The van der Waals surface area contributed by atoms with Gasteiger partial charge in [-0.3, -0.25) is 9.69 Å². The van der Waals surface area contributed by atoms with Crippen LogP contribution in [-0.4, -0.2) is 47.2 Å². The first-order chi connectivity index (χ1) is 14.7. The van der Waals surface area contributed by atoms with Crippen LogP contribution >= 0.6 is 0 Å². The first-order valence-electron chi connectivity index (χ1n) is 9.88. The molecule has 1 fully saturated rings. The number of amides is 1. The Hall–Kier alpha value is -3.76. The van der Waals surface area contributed by atoms with Crippen molar-refractivity contribution in [2.75, 3.05) is 36.4 Å². The van der Waals surface area contributed by atoms with E-state index in [1.807, 2.05) is 18.2 Å². The molecule has 0 atom stereocenters. The SMILES string of the molecule is N#Cc1ccc(NC(=O)c2ccc(N3CCN(Cc4ccccc4)CC3)nn2)cc1. The summed E-state index contributed by atoms with van der Waals surface area (Å²) >= 11 is 0. The molecule has 7 nitrogen and oxygen atoms in total. The van der Waals surface area contributed by atoms with Crippen LogP contribution in [0.1, 0.15) is 21.6 Å². The van der Waals surface area contributed by atoms with Crippen LogP contribution in [-0.2, 0) is 6.54 Å². The summed E-state index contributed by atoms with van der Waals surface area (Å²) in [5.74, 6) is 0.454. The third-order valence-corrected chi connectivity index (χ3v) is 5.10. The lowest BCUT2D eigenvalue weighted by molar-refractivity contribution is 0.102. The number of rotatable bonds is 5. The molecule has 3 aromatic rings. The molecule has 0 unspecified atom stereocenters. The van der Waals surface area contributed by atoms with Crippen molar-refractivity contribution in [2.24, 2.45) is 0 Å². The molecule has 0 saturated carbocycles. The first kappa shape index (κ1) is 19.6. The number of benzene rings is 2. The number of nitrogens with one attached hydrogen (secondary N) is 1. The fourth-order valence-corrected chi connectivity index (χ4v) is 3.41. The summed E-state index contributed by atoms with van der Waals surface area (Å²) in [7, 11) is 0. The van der Waals surface area contributed by atoms with E-state index in [0.29, 0.717) is 11.3 Å². The van der Waals surface area contributed by atoms with Crippen molar-refractivity contribution < 1.29 is 4.79 Å². The highest BCUT2D eigenvalue weighted by molar-refractivity contribution is 6.02. The van der Waals surface area contributed by atoms with E-state index >= 15 is 0 Å². The fourth-order valence-electron chi connectivity index (χ4n) is 3.41. The van der Waals surface area contributed by atoms with Gasteiger partial charge < -0.3 is 10.2 Å². The highest BCUT2D eigenvalue weighted by Gasteiger charge is 2.19. The van der Waals surface area contributed by atoms with Crippen molar-refractivity contribution in [3.05, 3.63) is 83.6 Å². The minimum absolute atomic E-state index is 0.255. The summed E-state index contributed by atoms with van der Waals surface area (Å²) < 4.78 is 0. The standard InChI is InChI=1S/C23H22N6O/c24-16-18-6-8-20(9-7-18)25-23(30)21-10-11-22(27-26-21)29-14-12-28(13-15-29)17-19-4-2-1-3-5-19/h1-11H,12-15,17H2,(H,25,30). The number of nitrogens with zero attached hydrogens (tertiary/aromatic N) is 5. The molecular formula is C23H22N6O. The largest absolute Gasteiger partial charge is 0.353 e. The molecule has 1 aliphatic rings. The summed E-state index contributed by atoms with van der Waals surface area (Å²) in [6.07, 6.45) is 0. The van der Waals surface area contributed by atoms with Crippen LogP contribution in [0.15, 0.2) is 66.7 Å². The topological polar surface area (TPSA) is 85.2 Å². The van der Waals surface area contributed by atoms with E-state index < -0.39 is 0 Å². The van der Waals surface area contributed by atoms with Gasteiger partial charge in [0, 0.05) is 38.4 Å². The molecule has 0 aliphatic carbocycles. The molecule has 1 N–H and O–H groups in total. The van der Waals surface area contributed by atoms with Gasteiger partial charge in [0.2, 0.25) is 0 Å². The number of hydrogen-bond acceptors (Lipinski definition) is 6. The molecule has 1 saturated heterocycles. The Labute approximate surface area is 175 Å². The zero-order valence-electron chi connectivity index (χ0n) is 16.5. The van der Waals surface area contributed by atoms with Crippen molar-refractivity contribution in [1.82, 2.24) is 15.1 Å². The van der Waals surface area contributed by atoms with Gasteiger partial charge in [0.15, 0.2) is 11.5 Å². The van der Waals surface area contributed by atoms with E-state index in [4.69, 9.17) is 5.26 Å². The predicted molar refractivity (Wildman–Crippen MR) is 115 cm³/mol. The minimum atomic E-state index is -0.327. The highest BCUT2D eigenvalue weighted by Crippen LogP contribution is 2.15. The zero-order chi connectivity index (χ0) is 20.8. The normalized spacial score (nSPS) is 14.2. The van der Waals surface area contributed by atoms with Gasteiger partial charge in [-0.15, -0.1) is 10.2 Å². The lowest BCUT2D eigenvalue weighted by atomic mass is 10.2. The van der Waals surface area contributed by atoms with Gasteiger partial charge in [-0.1, -0.05) is 30.3 Å².